The number of rotatable bonds is 6. The van der Waals surface area contributed by atoms with Crippen LogP contribution in [0.4, 0.5) is 0 Å². The van der Waals surface area contributed by atoms with E-state index in [0.29, 0.717) is 5.92 Å². The Morgan fingerprint density at radius 2 is 2.10 bits per heavy atom. The van der Waals surface area contributed by atoms with Gasteiger partial charge in [-0.1, -0.05) is 53.7 Å². The van der Waals surface area contributed by atoms with Crippen molar-refractivity contribution in [2.75, 3.05) is 6.54 Å². The molecular formula is C16H19BrN2S. The van der Waals surface area contributed by atoms with Gasteiger partial charge in [-0.15, -0.1) is 0 Å². The Bertz CT molecular complexity index is 543. The van der Waals surface area contributed by atoms with E-state index in [0.717, 1.165) is 22.6 Å². The van der Waals surface area contributed by atoms with E-state index in [1.54, 1.807) is 11.8 Å². The van der Waals surface area contributed by atoms with Gasteiger partial charge in [-0.05, 0) is 42.3 Å². The van der Waals surface area contributed by atoms with Gasteiger partial charge in [0.15, 0.2) is 0 Å². The predicted octanol–water partition coefficient (Wildman–Crippen LogP) is 4.74. The van der Waals surface area contributed by atoms with Gasteiger partial charge in [0, 0.05) is 22.1 Å². The summed E-state index contributed by atoms with van der Waals surface area (Å²) in [5, 5.41) is 4.48. The molecule has 0 fully saturated rings. The van der Waals surface area contributed by atoms with E-state index in [-0.39, 0.29) is 0 Å². The zero-order valence-corrected chi connectivity index (χ0v) is 14.2. The lowest BCUT2D eigenvalue weighted by Crippen LogP contribution is -2.19. The van der Waals surface area contributed by atoms with Gasteiger partial charge in [0.05, 0.1) is 0 Å². The highest BCUT2D eigenvalue weighted by molar-refractivity contribution is 9.10. The van der Waals surface area contributed by atoms with Crippen molar-refractivity contribution in [2.45, 2.75) is 30.3 Å². The fourth-order valence-corrected chi connectivity index (χ4v) is 3.24. The van der Waals surface area contributed by atoms with Crippen LogP contribution < -0.4 is 5.32 Å². The molecule has 0 aliphatic carbocycles. The molecule has 0 saturated carbocycles. The number of hydrogen-bond donors (Lipinski definition) is 1. The van der Waals surface area contributed by atoms with Gasteiger partial charge in [-0.3, -0.25) is 0 Å². The molecule has 0 saturated heterocycles. The average Bonchev–Trinajstić information content (AvgIpc) is 2.42. The summed E-state index contributed by atoms with van der Waals surface area (Å²) in [5.41, 5.74) is 1.29. The summed E-state index contributed by atoms with van der Waals surface area (Å²) >= 11 is 5.33. The Labute approximate surface area is 133 Å². The summed E-state index contributed by atoms with van der Waals surface area (Å²) in [4.78, 5) is 5.53. The first-order valence-corrected chi connectivity index (χ1v) is 8.34. The van der Waals surface area contributed by atoms with E-state index in [9.17, 15) is 0 Å². The molecule has 20 heavy (non-hydrogen) atoms. The number of nitrogens with one attached hydrogen (secondary N) is 1. The lowest BCUT2D eigenvalue weighted by atomic mass is 10.2. The van der Waals surface area contributed by atoms with Crippen molar-refractivity contribution in [3.8, 4) is 0 Å². The Kier molecular flexibility index (Phi) is 6.07. The van der Waals surface area contributed by atoms with Crippen molar-refractivity contribution in [3.63, 3.8) is 0 Å². The van der Waals surface area contributed by atoms with Crippen LogP contribution in [0.1, 0.15) is 19.4 Å². The zero-order chi connectivity index (χ0) is 14.4. The minimum absolute atomic E-state index is 0.674. The molecule has 0 bridgehead atoms. The van der Waals surface area contributed by atoms with Crippen LogP contribution in [0.15, 0.2) is 57.0 Å². The summed E-state index contributed by atoms with van der Waals surface area (Å²) in [6.07, 6.45) is 1.82. The smallest absolute Gasteiger partial charge is 0.101 e. The Hall–Kier alpha value is -0.840. The fourth-order valence-electron chi connectivity index (χ4n) is 1.76. The Morgan fingerprint density at radius 3 is 2.75 bits per heavy atom. The normalized spacial score (nSPS) is 11.0. The molecule has 106 valence electrons. The van der Waals surface area contributed by atoms with Gasteiger partial charge in [-0.2, -0.15) is 0 Å². The predicted molar refractivity (Wildman–Crippen MR) is 89.0 cm³/mol. The summed E-state index contributed by atoms with van der Waals surface area (Å²) in [6, 6.07) is 12.4. The van der Waals surface area contributed by atoms with Gasteiger partial charge in [-0.25, -0.2) is 4.98 Å². The van der Waals surface area contributed by atoms with Crippen molar-refractivity contribution >= 4 is 27.7 Å². The fraction of sp³-hybridized carbons (Fsp3) is 0.312. The standard InChI is InChI=1S/C16H19BrN2S/c1-12(2)10-18-11-13-6-7-14(9-15(13)17)20-16-5-3-4-8-19-16/h3-9,12,18H,10-11H2,1-2H3. The first kappa shape index (κ1) is 15.5. The molecule has 0 radical (unpaired) electrons. The first-order chi connectivity index (χ1) is 9.65. The number of aromatic nitrogens is 1. The second kappa shape index (κ2) is 7.81. The van der Waals surface area contributed by atoms with E-state index in [1.807, 2.05) is 24.4 Å². The van der Waals surface area contributed by atoms with E-state index in [1.165, 1.54) is 10.5 Å². The van der Waals surface area contributed by atoms with Crippen molar-refractivity contribution in [1.29, 1.82) is 0 Å². The van der Waals surface area contributed by atoms with Crippen LogP contribution in [0.5, 0.6) is 0 Å². The third-order valence-electron chi connectivity index (χ3n) is 2.75. The number of pyridine rings is 1. The SMILES string of the molecule is CC(C)CNCc1ccc(Sc2ccccn2)cc1Br. The number of benzene rings is 1. The minimum atomic E-state index is 0.674. The first-order valence-electron chi connectivity index (χ1n) is 6.73. The summed E-state index contributed by atoms with van der Waals surface area (Å²) in [5.74, 6) is 0.674. The molecule has 0 unspecified atom stereocenters. The lowest BCUT2D eigenvalue weighted by molar-refractivity contribution is 0.551. The summed E-state index contributed by atoms with van der Waals surface area (Å²) in [7, 11) is 0. The van der Waals surface area contributed by atoms with Crippen LogP contribution in [0.2, 0.25) is 0 Å². The maximum Gasteiger partial charge on any atom is 0.101 e. The molecule has 0 spiro atoms. The van der Waals surface area contributed by atoms with Crippen molar-refractivity contribution < 1.29 is 0 Å². The maximum absolute atomic E-state index is 4.33. The molecule has 1 aromatic heterocycles. The third kappa shape index (κ3) is 4.93. The highest BCUT2D eigenvalue weighted by Crippen LogP contribution is 2.29. The van der Waals surface area contributed by atoms with Crippen molar-refractivity contribution in [1.82, 2.24) is 10.3 Å². The second-order valence-corrected chi connectivity index (χ2v) is 7.00. The lowest BCUT2D eigenvalue weighted by Gasteiger charge is -2.10. The van der Waals surface area contributed by atoms with Crippen molar-refractivity contribution in [2.24, 2.45) is 5.92 Å². The molecule has 2 rings (SSSR count). The van der Waals surface area contributed by atoms with Crippen LogP contribution in [0, 0.1) is 5.92 Å². The van der Waals surface area contributed by atoms with Crippen LogP contribution >= 0.6 is 27.7 Å². The molecule has 4 heteroatoms. The molecular weight excluding hydrogens is 332 g/mol. The van der Waals surface area contributed by atoms with E-state index in [2.05, 4.69) is 58.3 Å². The van der Waals surface area contributed by atoms with E-state index in [4.69, 9.17) is 0 Å². The summed E-state index contributed by atoms with van der Waals surface area (Å²) < 4.78 is 1.15. The van der Waals surface area contributed by atoms with Crippen LogP contribution in [-0.4, -0.2) is 11.5 Å². The zero-order valence-electron chi connectivity index (χ0n) is 11.8. The third-order valence-corrected chi connectivity index (χ3v) is 4.43. The molecule has 1 N–H and O–H groups in total. The quantitative estimate of drug-likeness (QED) is 0.814. The van der Waals surface area contributed by atoms with Gasteiger partial charge in [0.1, 0.15) is 5.03 Å². The van der Waals surface area contributed by atoms with Gasteiger partial charge in [0.2, 0.25) is 0 Å². The van der Waals surface area contributed by atoms with Gasteiger partial charge >= 0.3 is 0 Å². The van der Waals surface area contributed by atoms with Crippen molar-refractivity contribution in [3.05, 3.63) is 52.6 Å². The molecule has 0 aliphatic rings. The van der Waals surface area contributed by atoms with E-state index >= 15 is 0 Å². The molecule has 2 nitrogen and oxygen atoms in total. The van der Waals surface area contributed by atoms with Crippen LogP contribution in [0.3, 0.4) is 0 Å². The molecule has 1 aromatic carbocycles. The van der Waals surface area contributed by atoms with Crippen LogP contribution in [0.25, 0.3) is 0 Å². The minimum Gasteiger partial charge on any atom is -0.312 e. The number of nitrogens with zero attached hydrogens (tertiary/aromatic N) is 1. The monoisotopic (exact) mass is 350 g/mol. The van der Waals surface area contributed by atoms with E-state index < -0.39 is 0 Å². The number of halogens is 1. The average molecular weight is 351 g/mol. The van der Waals surface area contributed by atoms with Gasteiger partial charge in [0.25, 0.3) is 0 Å². The second-order valence-electron chi connectivity index (χ2n) is 5.05. The summed E-state index contributed by atoms with van der Waals surface area (Å²) in [6.45, 7) is 6.37. The molecule has 1 heterocycles. The Morgan fingerprint density at radius 1 is 1.25 bits per heavy atom. The highest BCUT2D eigenvalue weighted by atomic mass is 79.9. The topological polar surface area (TPSA) is 24.9 Å². The van der Waals surface area contributed by atoms with Crippen LogP contribution in [-0.2, 0) is 6.54 Å². The highest BCUT2D eigenvalue weighted by Gasteiger charge is 2.04. The molecule has 2 aromatic rings. The number of hydrogen-bond acceptors (Lipinski definition) is 3. The largest absolute Gasteiger partial charge is 0.312 e. The van der Waals surface area contributed by atoms with Gasteiger partial charge < -0.3 is 5.32 Å². The molecule has 0 aliphatic heterocycles. The Balaban J connectivity index is 1.98. The molecule has 0 amide bonds. The maximum atomic E-state index is 4.33. The molecule has 0 atom stereocenters.